The molecule has 0 aliphatic heterocycles. The summed E-state index contributed by atoms with van der Waals surface area (Å²) in [5.41, 5.74) is 6.19. The second-order valence-corrected chi connectivity index (χ2v) is 9.60. The lowest BCUT2D eigenvalue weighted by Gasteiger charge is -2.08. The second kappa shape index (κ2) is 10.3. The van der Waals surface area contributed by atoms with Crippen molar-refractivity contribution in [2.75, 3.05) is 0 Å². The Balaban J connectivity index is 1.23. The molecule has 0 unspecified atom stereocenters. The van der Waals surface area contributed by atoms with E-state index in [9.17, 15) is 4.39 Å². The van der Waals surface area contributed by atoms with Gasteiger partial charge in [0.15, 0.2) is 17.1 Å². The number of imidazole rings is 1. The highest BCUT2D eigenvalue weighted by atomic mass is 19.1. The van der Waals surface area contributed by atoms with Gasteiger partial charge >= 0.3 is 0 Å². The summed E-state index contributed by atoms with van der Waals surface area (Å²) in [6.45, 7) is 1.28. The Morgan fingerprint density at radius 1 is 0.756 bits per heavy atom. The highest BCUT2D eigenvalue weighted by Crippen LogP contribution is 2.34. The Hall–Kier alpha value is -5.35. The molecule has 7 rings (SSSR count). The molecule has 0 saturated heterocycles. The van der Waals surface area contributed by atoms with Crippen LogP contribution in [0.15, 0.2) is 91.5 Å². The summed E-state index contributed by atoms with van der Waals surface area (Å²) in [6, 6.07) is 19.9. The molecule has 200 valence electrons. The van der Waals surface area contributed by atoms with Crippen molar-refractivity contribution in [3.05, 3.63) is 114 Å². The molecular formula is C31H22F2N8. The molecule has 5 aromatic heterocycles. The Bertz CT molecular complexity index is 2000. The Morgan fingerprint density at radius 3 is 2.44 bits per heavy atom. The van der Waals surface area contributed by atoms with E-state index in [1.54, 1.807) is 36.8 Å². The predicted molar refractivity (Wildman–Crippen MR) is 152 cm³/mol. The molecule has 0 saturated carbocycles. The van der Waals surface area contributed by atoms with Crippen LogP contribution in [0, 0.1) is 11.6 Å². The highest BCUT2D eigenvalue weighted by molar-refractivity contribution is 5.96. The molecule has 10 heteroatoms. The van der Waals surface area contributed by atoms with Crippen molar-refractivity contribution in [3.63, 3.8) is 0 Å². The molecular weight excluding hydrogens is 522 g/mol. The van der Waals surface area contributed by atoms with Gasteiger partial charge in [-0.3, -0.25) is 10.1 Å². The summed E-state index contributed by atoms with van der Waals surface area (Å²) in [6.07, 6.45) is 6.49. The summed E-state index contributed by atoms with van der Waals surface area (Å²) in [5.74, 6) is -0.474. The number of hydrogen-bond donors (Lipinski definition) is 3. The van der Waals surface area contributed by atoms with Crippen molar-refractivity contribution in [1.29, 1.82) is 0 Å². The van der Waals surface area contributed by atoms with Crippen molar-refractivity contribution < 1.29 is 8.78 Å². The van der Waals surface area contributed by atoms with Crippen LogP contribution >= 0.6 is 0 Å². The van der Waals surface area contributed by atoms with Gasteiger partial charge < -0.3 is 10.3 Å². The van der Waals surface area contributed by atoms with E-state index in [1.165, 1.54) is 23.9 Å². The number of benzene rings is 2. The van der Waals surface area contributed by atoms with Gasteiger partial charge in [0, 0.05) is 54.6 Å². The smallest absolute Gasteiger partial charge is 0.161 e. The minimum atomic E-state index is -0.484. The van der Waals surface area contributed by atoms with Crippen molar-refractivity contribution in [3.8, 4) is 33.8 Å². The van der Waals surface area contributed by atoms with E-state index >= 15 is 4.39 Å². The zero-order valence-electron chi connectivity index (χ0n) is 21.6. The number of H-pyrrole nitrogens is 2. The average molecular weight is 545 g/mol. The Kier molecular flexibility index (Phi) is 6.21. The van der Waals surface area contributed by atoms with Gasteiger partial charge in [-0.1, -0.05) is 42.5 Å². The van der Waals surface area contributed by atoms with E-state index < -0.39 is 5.82 Å². The number of aromatic nitrogens is 7. The van der Waals surface area contributed by atoms with Gasteiger partial charge in [0.2, 0.25) is 0 Å². The maximum atomic E-state index is 16.1. The number of pyridine rings is 3. The van der Waals surface area contributed by atoms with Gasteiger partial charge in [-0.2, -0.15) is 5.10 Å². The van der Waals surface area contributed by atoms with E-state index in [0.29, 0.717) is 46.9 Å². The third kappa shape index (κ3) is 4.70. The Morgan fingerprint density at radius 2 is 1.59 bits per heavy atom. The molecule has 0 fully saturated rings. The SMILES string of the molecule is Fc1ccc(-c2ccnc3[nH]c(-c4n[nH]c5ncc(-c6cncc(CNCc7ccccc7)c6)c(F)c45)nc23)cc1. The molecule has 0 aliphatic rings. The van der Waals surface area contributed by atoms with Crippen LogP contribution in [0.1, 0.15) is 11.1 Å². The molecule has 7 aromatic rings. The standard InChI is InChI=1S/C31H22F2N8/c32-22-8-6-20(7-9-22)23-10-11-36-30-27(23)38-31(39-30)28-25-26(33)24(17-37-29(25)41-40-28)21-12-19(15-35-16-21)14-34-13-18-4-2-1-3-5-18/h1-12,15-17,34H,13-14H2,(H,36,38,39)(H,37,40,41). The van der Waals surface area contributed by atoms with Crippen LogP contribution < -0.4 is 5.32 Å². The molecule has 2 aromatic carbocycles. The minimum Gasteiger partial charge on any atom is -0.321 e. The van der Waals surface area contributed by atoms with Crippen LogP contribution in [0.25, 0.3) is 56.0 Å². The maximum absolute atomic E-state index is 16.1. The van der Waals surface area contributed by atoms with E-state index in [0.717, 1.165) is 16.7 Å². The van der Waals surface area contributed by atoms with Crippen molar-refractivity contribution in [1.82, 2.24) is 40.4 Å². The van der Waals surface area contributed by atoms with E-state index in [1.807, 2.05) is 24.3 Å². The van der Waals surface area contributed by atoms with Gasteiger partial charge in [-0.05, 0) is 41.0 Å². The highest BCUT2D eigenvalue weighted by Gasteiger charge is 2.21. The van der Waals surface area contributed by atoms with E-state index in [4.69, 9.17) is 4.98 Å². The number of rotatable bonds is 7. The Labute approximate surface area is 232 Å². The normalized spacial score (nSPS) is 11.5. The fraction of sp³-hybridized carbons (Fsp3) is 0.0645. The van der Waals surface area contributed by atoms with Gasteiger partial charge in [0.05, 0.1) is 5.39 Å². The summed E-state index contributed by atoms with van der Waals surface area (Å²) in [4.78, 5) is 21.0. The molecule has 41 heavy (non-hydrogen) atoms. The average Bonchev–Trinajstić information content (AvgIpc) is 3.63. The van der Waals surface area contributed by atoms with Gasteiger partial charge in [-0.25, -0.2) is 23.7 Å². The van der Waals surface area contributed by atoms with Crippen molar-refractivity contribution in [2.45, 2.75) is 13.1 Å². The van der Waals surface area contributed by atoms with Crippen LogP contribution in [0.5, 0.6) is 0 Å². The minimum absolute atomic E-state index is 0.206. The largest absolute Gasteiger partial charge is 0.321 e. The van der Waals surface area contributed by atoms with Gasteiger partial charge in [0.1, 0.15) is 22.8 Å². The lowest BCUT2D eigenvalue weighted by Crippen LogP contribution is -2.12. The molecule has 0 aliphatic carbocycles. The number of nitrogens with one attached hydrogen (secondary N) is 3. The monoisotopic (exact) mass is 544 g/mol. The second-order valence-electron chi connectivity index (χ2n) is 9.60. The zero-order valence-corrected chi connectivity index (χ0v) is 21.6. The molecule has 8 nitrogen and oxygen atoms in total. The number of halogens is 2. The number of aromatic amines is 2. The summed E-state index contributed by atoms with van der Waals surface area (Å²) >= 11 is 0. The first-order valence-electron chi connectivity index (χ1n) is 13.0. The van der Waals surface area contributed by atoms with E-state index in [2.05, 4.69) is 47.6 Å². The number of hydrogen-bond acceptors (Lipinski definition) is 6. The fourth-order valence-corrected chi connectivity index (χ4v) is 4.89. The van der Waals surface area contributed by atoms with E-state index in [-0.39, 0.29) is 16.9 Å². The van der Waals surface area contributed by atoms with Crippen LogP contribution in [0.2, 0.25) is 0 Å². The first-order chi connectivity index (χ1) is 20.1. The van der Waals surface area contributed by atoms with Crippen LogP contribution in [0.3, 0.4) is 0 Å². The first kappa shape index (κ1) is 24.7. The molecule has 0 spiro atoms. The third-order valence-electron chi connectivity index (χ3n) is 6.90. The van der Waals surface area contributed by atoms with Crippen molar-refractivity contribution >= 4 is 22.2 Å². The molecule has 0 amide bonds. The zero-order chi connectivity index (χ0) is 27.8. The lowest BCUT2D eigenvalue weighted by molar-refractivity contribution is 0.628. The molecule has 0 atom stereocenters. The molecule has 0 radical (unpaired) electrons. The first-order valence-corrected chi connectivity index (χ1v) is 13.0. The van der Waals surface area contributed by atoms with Gasteiger partial charge in [-0.15, -0.1) is 0 Å². The number of nitrogens with zero attached hydrogens (tertiary/aromatic N) is 5. The topological polar surface area (TPSA) is 108 Å². The molecule has 3 N–H and O–H groups in total. The predicted octanol–water partition coefficient (Wildman–Crippen LogP) is 6.19. The summed E-state index contributed by atoms with van der Waals surface area (Å²) in [7, 11) is 0. The summed E-state index contributed by atoms with van der Waals surface area (Å²) < 4.78 is 29.6. The van der Waals surface area contributed by atoms with Crippen LogP contribution in [0.4, 0.5) is 8.78 Å². The summed E-state index contributed by atoms with van der Waals surface area (Å²) in [5, 5.41) is 10.7. The van der Waals surface area contributed by atoms with Gasteiger partial charge in [0.25, 0.3) is 0 Å². The number of fused-ring (bicyclic) bond motifs is 2. The fourth-order valence-electron chi connectivity index (χ4n) is 4.89. The lowest BCUT2D eigenvalue weighted by atomic mass is 10.1. The molecule has 5 heterocycles. The quantitative estimate of drug-likeness (QED) is 0.221. The third-order valence-corrected chi connectivity index (χ3v) is 6.90. The van der Waals surface area contributed by atoms with Crippen LogP contribution in [-0.4, -0.2) is 35.1 Å². The molecule has 0 bridgehead atoms. The maximum Gasteiger partial charge on any atom is 0.161 e. The van der Waals surface area contributed by atoms with Crippen molar-refractivity contribution in [2.24, 2.45) is 0 Å². The van der Waals surface area contributed by atoms with Crippen LogP contribution in [-0.2, 0) is 13.1 Å².